The van der Waals surface area contributed by atoms with Crippen LogP contribution >= 0.6 is 0 Å². The van der Waals surface area contributed by atoms with E-state index < -0.39 is 5.54 Å². The Morgan fingerprint density at radius 2 is 1.94 bits per heavy atom. The second-order valence-corrected chi connectivity index (χ2v) is 6.37. The van der Waals surface area contributed by atoms with Crippen LogP contribution < -0.4 is 5.73 Å². The maximum atomic E-state index is 9.28. The lowest BCUT2D eigenvalue weighted by Crippen LogP contribution is -2.51. The standard InChI is InChI=1S/C14H26N4/c1-17-7-5-12(6-8-17)9-18(2)11-14(16,10-15)13-3-4-13/h12-13H,3-9,11,16H2,1-2H3. The van der Waals surface area contributed by atoms with E-state index in [0.717, 1.165) is 31.8 Å². The number of likely N-dealkylation sites (N-methyl/N-ethyl adjacent to an activating group) is 1. The lowest BCUT2D eigenvalue weighted by molar-refractivity contribution is 0.163. The number of rotatable bonds is 5. The monoisotopic (exact) mass is 250 g/mol. The zero-order valence-electron chi connectivity index (χ0n) is 11.7. The Balaban J connectivity index is 1.78. The van der Waals surface area contributed by atoms with Crippen LogP contribution in [0.3, 0.4) is 0 Å². The molecule has 2 rings (SSSR count). The van der Waals surface area contributed by atoms with Crippen LogP contribution in [-0.2, 0) is 0 Å². The Morgan fingerprint density at radius 1 is 1.33 bits per heavy atom. The summed E-state index contributed by atoms with van der Waals surface area (Å²) in [5, 5.41) is 9.28. The fourth-order valence-electron chi connectivity index (χ4n) is 3.05. The maximum Gasteiger partial charge on any atom is 0.119 e. The molecule has 1 atom stereocenters. The van der Waals surface area contributed by atoms with Gasteiger partial charge in [0.1, 0.15) is 5.54 Å². The van der Waals surface area contributed by atoms with Gasteiger partial charge in [0.05, 0.1) is 6.07 Å². The van der Waals surface area contributed by atoms with E-state index in [0.29, 0.717) is 5.92 Å². The third kappa shape index (κ3) is 3.44. The number of hydrogen-bond acceptors (Lipinski definition) is 4. The Morgan fingerprint density at radius 3 is 2.44 bits per heavy atom. The van der Waals surface area contributed by atoms with E-state index in [9.17, 15) is 5.26 Å². The molecule has 102 valence electrons. The van der Waals surface area contributed by atoms with Crippen molar-refractivity contribution in [2.45, 2.75) is 31.2 Å². The Bertz CT molecular complexity index is 312. The van der Waals surface area contributed by atoms with E-state index in [1.807, 2.05) is 0 Å². The third-order valence-electron chi connectivity index (χ3n) is 4.45. The lowest BCUT2D eigenvalue weighted by atomic mass is 9.93. The molecule has 0 aromatic carbocycles. The van der Waals surface area contributed by atoms with Crippen molar-refractivity contribution in [3.8, 4) is 6.07 Å². The maximum absolute atomic E-state index is 9.28. The van der Waals surface area contributed by atoms with Crippen molar-refractivity contribution in [1.82, 2.24) is 9.80 Å². The van der Waals surface area contributed by atoms with E-state index in [-0.39, 0.29) is 0 Å². The molecular formula is C14H26N4. The highest BCUT2D eigenvalue weighted by Crippen LogP contribution is 2.38. The number of nitrogens with two attached hydrogens (primary N) is 1. The van der Waals surface area contributed by atoms with Gasteiger partial charge < -0.3 is 15.5 Å². The van der Waals surface area contributed by atoms with Crippen molar-refractivity contribution in [2.24, 2.45) is 17.6 Å². The van der Waals surface area contributed by atoms with Gasteiger partial charge in [-0.1, -0.05) is 0 Å². The van der Waals surface area contributed by atoms with Crippen LogP contribution in [0.15, 0.2) is 0 Å². The minimum atomic E-state index is -0.611. The molecule has 1 saturated heterocycles. The summed E-state index contributed by atoms with van der Waals surface area (Å²) in [5.74, 6) is 1.20. The first-order chi connectivity index (χ1) is 8.53. The smallest absolute Gasteiger partial charge is 0.119 e. The highest BCUT2D eigenvalue weighted by Gasteiger charge is 2.43. The van der Waals surface area contributed by atoms with E-state index in [2.05, 4.69) is 30.0 Å². The molecule has 1 unspecified atom stereocenters. The van der Waals surface area contributed by atoms with Gasteiger partial charge in [0, 0.05) is 13.1 Å². The second-order valence-electron chi connectivity index (χ2n) is 6.37. The van der Waals surface area contributed by atoms with E-state index in [1.54, 1.807) is 0 Å². The predicted molar refractivity (Wildman–Crippen MR) is 73.0 cm³/mol. The van der Waals surface area contributed by atoms with Crippen molar-refractivity contribution in [1.29, 1.82) is 5.26 Å². The molecule has 1 saturated carbocycles. The molecule has 1 heterocycles. The highest BCUT2D eigenvalue weighted by atomic mass is 15.1. The van der Waals surface area contributed by atoms with Gasteiger partial charge in [0.25, 0.3) is 0 Å². The molecule has 1 aliphatic carbocycles. The summed E-state index contributed by atoms with van der Waals surface area (Å²) in [6, 6.07) is 2.34. The predicted octanol–water partition coefficient (Wildman–Crippen LogP) is 0.891. The molecule has 0 aromatic rings. The van der Waals surface area contributed by atoms with Crippen molar-refractivity contribution in [3.63, 3.8) is 0 Å². The SMILES string of the molecule is CN1CCC(CN(C)CC(N)(C#N)C2CC2)CC1. The normalized spacial score (nSPS) is 25.9. The molecule has 0 spiro atoms. The summed E-state index contributed by atoms with van der Waals surface area (Å²) in [7, 11) is 4.30. The number of piperidine rings is 1. The van der Waals surface area contributed by atoms with Gasteiger partial charge in [-0.25, -0.2) is 0 Å². The molecule has 0 aromatic heterocycles. The fraction of sp³-hybridized carbons (Fsp3) is 0.929. The fourth-order valence-corrected chi connectivity index (χ4v) is 3.05. The highest BCUT2D eigenvalue weighted by molar-refractivity contribution is 5.14. The minimum Gasteiger partial charge on any atom is -0.312 e. The van der Waals surface area contributed by atoms with Gasteiger partial charge >= 0.3 is 0 Å². The van der Waals surface area contributed by atoms with Crippen LogP contribution in [0.1, 0.15) is 25.7 Å². The average molecular weight is 250 g/mol. The number of nitrogens with zero attached hydrogens (tertiary/aromatic N) is 3. The van der Waals surface area contributed by atoms with Gasteiger partial charge in [-0.2, -0.15) is 5.26 Å². The minimum absolute atomic E-state index is 0.433. The summed E-state index contributed by atoms with van der Waals surface area (Å²) >= 11 is 0. The van der Waals surface area contributed by atoms with E-state index in [4.69, 9.17) is 5.73 Å². The van der Waals surface area contributed by atoms with Gasteiger partial charge in [0.2, 0.25) is 0 Å². The number of hydrogen-bond donors (Lipinski definition) is 1. The molecule has 2 N–H and O–H groups in total. The Hall–Kier alpha value is -0.630. The third-order valence-corrected chi connectivity index (χ3v) is 4.45. The lowest BCUT2D eigenvalue weighted by Gasteiger charge is -2.34. The molecule has 4 nitrogen and oxygen atoms in total. The van der Waals surface area contributed by atoms with Crippen LogP contribution in [-0.4, -0.2) is 55.6 Å². The van der Waals surface area contributed by atoms with Crippen molar-refractivity contribution < 1.29 is 0 Å². The van der Waals surface area contributed by atoms with Gasteiger partial charge in [-0.05, 0) is 64.7 Å². The molecule has 2 fully saturated rings. The molecule has 0 amide bonds. The average Bonchev–Trinajstić information content (AvgIpc) is 3.16. The first kappa shape index (κ1) is 13.8. The van der Waals surface area contributed by atoms with Crippen LogP contribution in [0.4, 0.5) is 0 Å². The molecular weight excluding hydrogens is 224 g/mol. The molecule has 4 heteroatoms. The summed E-state index contributed by atoms with van der Waals surface area (Å²) in [5.41, 5.74) is 5.61. The van der Waals surface area contributed by atoms with E-state index in [1.165, 1.54) is 25.9 Å². The topological polar surface area (TPSA) is 56.3 Å². The van der Waals surface area contributed by atoms with Gasteiger partial charge in [0.15, 0.2) is 0 Å². The first-order valence-corrected chi connectivity index (χ1v) is 7.11. The molecule has 2 aliphatic rings. The second kappa shape index (κ2) is 5.56. The molecule has 18 heavy (non-hydrogen) atoms. The zero-order chi connectivity index (χ0) is 13.2. The number of likely N-dealkylation sites (tertiary alicyclic amines) is 1. The quantitative estimate of drug-likeness (QED) is 0.787. The van der Waals surface area contributed by atoms with Crippen LogP contribution in [0.2, 0.25) is 0 Å². The Labute approximate surface area is 111 Å². The largest absolute Gasteiger partial charge is 0.312 e. The Kier molecular flexibility index (Phi) is 4.26. The zero-order valence-corrected chi connectivity index (χ0v) is 11.7. The van der Waals surface area contributed by atoms with Gasteiger partial charge in [-0.15, -0.1) is 0 Å². The van der Waals surface area contributed by atoms with E-state index >= 15 is 0 Å². The summed E-state index contributed by atoms with van der Waals surface area (Å²) in [6.07, 6.45) is 4.81. The van der Waals surface area contributed by atoms with Crippen LogP contribution in [0.25, 0.3) is 0 Å². The van der Waals surface area contributed by atoms with Crippen molar-refractivity contribution in [3.05, 3.63) is 0 Å². The van der Waals surface area contributed by atoms with Crippen LogP contribution in [0, 0.1) is 23.2 Å². The van der Waals surface area contributed by atoms with Gasteiger partial charge in [-0.3, -0.25) is 0 Å². The van der Waals surface area contributed by atoms with Crippen molar-refractivity contribution in [2.75, 3.05) is 40.3 Å². The number of nitriles is 1. The molecule has 0 bridgehead atoms. The first-order valence-electron chi connectivity index (χ1n) is 7.11. The van der Waals surface area contributed by atoms with Crippen LogP contribution in [0.5, 0.6) is 0 Å². The molecule has 1 aliphatic heterocycles. The van der Waals surface area contributed by atoms with Crippen molar-refractivity contribution >= 4 is 0 Å². The summed E-state index contributed by atoms with van der Waals surface area (Å²) < 4.78 is 0. The summed E-state index contributed by atoms with van der Waals surface area (Å²) in [4.78, 5) is 4.67. The molecule has 0 radical (unpaired) electrons. The summed E-state index contributed by atoms with van der Waals surface area (Å²) in [6.45, 7) is 4.21.